The second kappa shape index (κ2) is 12.8. The van der Waals surface area contributed by atoms with Gasteiger partial charge >= 0.3 is 20.1 Å². The molecule has 4 nitrogen and oxygen atoms in total. The molecular formula is C40H33IrN3O+. The molecule has 222 valence electrons. The van der Waals surface area contributed by atoms with Crippen LogP contribution in [0.4, 0.5) is 0 Å². The summed E-state index contributed by atoms with van der Waals surface area (Å²) in [5, 5.41) is 2.19. The Balaban J connectivity index is 0.000000231. The van der Waals surface area contributed by atoms with Gasteiger partial charge in [0.2, 0.25) is 0 Å². The summed E-state index contributed by atoms with van der Waals surface area (Å²) in [6.07, 6.45) is 5.41. The number of ether oxygens (including phenoxy) is 1. The number of nitrogens with zero attached hydrogens (tertiary/aromatic N) is 3. The Bertz CT molecular complexity index is 2040. The van der Waals surface area contributed by atoms with Gasteiger partial charge in [0, 0.05) is 11.9 Å². The number of para-hydroxylation sites is 1. The molecule has 0 amide bonds. The maximum atomic E-state index is 6.35. The number of pyridine rings is 1. The number of aromatic nitrogens is 3. The SMILES string of the molecule is CC(C)c1cc(C(C)C)cc(-n2[c-][n+]3c4c(cccc42)Oc2cc4ccccc4[c-]c2-3)c1.[Ir+3].[c-]1ccccc1-c1ccccn1. The molecule has 7 aromatic rings. The molecule has 0 spiro atoms. The normalized spacial score (nSPS) is 11.5. The van der Waals surface area contributed by atoms with E-state index in [1.165, 1.54) is 11.1 Å². The van der Waals surface area contributed by atoms with Crippen LogP contribution in [0.2, 0.25) is 0 Å². The van der Waals surface area contributed by atoms with Gasteiger partial charge < -0.3 is 14.3 Å². The largest absolute Gasteiger partial charge is 3.00 e. The van der Waals surface area contributed by atoms with Crippen LogP contribution in [0, 0.1) is 18.5 Å². The smallest absolute Gasteiger partial charge is 0.509 e. The molecule has 2 aromatic heterocycles. The van der Waals surface area contributed by atoms with Crippen molar-refractivity contribution in [2.75, 3.05) is 0 Å². The topological polar surface area (TPSA) is 30.9 Å². The van der Waals surface area contributed by atoms with Crippen LogP contribution < -0.4 is 9.30 Å². The molecule has 0 saturated heterocycles. The van der Waals surface area contributed by atoms with E-state index in [-0.39, 0.29) is 20.1 Å². The molecule has 0 N–H and O–H groups in total. The van der Waals surface area contributed by atoms with E-state index in [0.717, 1.165) is 55.9 Å². The first kappa shape index (κ1) is 30.5. The summed E-state index contributed by atoms with van der Waals surface area (Å²) in [5.74, 6) is 2.56. The van der Waals surface area contributed by atoms with Crippen LogP contribution in [0.25, 0.3) is 44.4 Å². The van der Waals surface area contributed by atoms with Crippen molar-refractivity contribution in [1.29, 1.82) is 0 Å². The Hall–Kier alpha value is -4.57. The van der Waals surface area contributed by atoms with E-state index in [0.29, 0.717) is 11.8 Å². The van der Waals surface area contributed by atoms with Gasteiger partial charge in [-0.25, -0.2) is 0 Å². The van der Waals surface area contributed by atoms with E-state index in [1.54, 1.807) is 6.20 Å². The number of hydrogen-bond acceptors (Lipinski definition) is 2. The van der Waals surface area contributed by atoms with Crippen molar-refractivity contribution in [2.45, 2.75) is 39.5 Å². The Morgan fingerprint density at radius 2 is 1.51 bits per heavy atom. The molecule has 0 radical (unpaired) electrons. The van der Waals surface area contributed by atoms with E-state index in [4.69, 9.17) is 4.74 Å². The quantitative estimate of drug-likeness (QED) is 0.132. The minimum Gasteiger partial charge on any atom is -0.509 e. The molecule has 1 aliphatic rings. The second-order valence-corrected chi connectivity index (χ2v) is 11.7. The van der Waals surface area contributed by atoms with Crippen molar-refractivity contribution in [2.24, 2.45) is 0 Å². The predicted molar refractivity (Wildman–Crippen MR) is 177 cm³/mol. The molecule has 0 atom stereocenters. The van der Waals surface area contributed by atoms with E-state index >= 15 is 0 Å². The van der Waals surface area contributed by atoms with Gasteiger partial charge in [-0.15, -0.1) is 64.9 Å². The molecule has 0 unspecified atom stereocenters. The molecule has 3 heterocycles. The van der Waals surface area contributed by atoms with Crippen molar-refractivity contribution >= 4 is 21.8 Å². The average Bonchev–Trinajstić information content (AvgIpc) is 3.46. The number of fused-ring (bicyclic) bond motifs is 3. The third-order valence-electron chi connectivity index (χ3n) is 8.02. The van der Waals surface area contributed by atoms with E-state index in [1.807, 2.05) is 60.7 Å². The zero-order valence-corrected chi connectivity index (χ0v) is 28.1. The van der Waals surface area contributed by atoms with Crippen LogP contribution >= 0.6 is 0 Å². The third kappa shape index (κ3) is 5.94. The Kier molecular flexibility index (Phi) is 8.67. The Labute approximate surface area is 278 Å². The molecular weight excluding hydrogens is 731 g/mol. The second-order valence-electron chi connectivity index (χ2n) is 11.7. The first-order chi connectivity index (χ1) is 21.5. The van der Waals surface area contributed by atoms with Gasteiger partial charge in [-0.05, 0) is 52.9 Å². The van der Waals surface area contributed by atoms with Crippen molar-refractivity contribution in [3.8, 4) is 34.1 Å². The van der Waals surface area contributed by atoms with Crippen molar-refractivity contribution in [3.05, 3.63) is 145 Å². The van der Waals surface area contributed by atoms with E-state index in [9.17, 15) is 0 Å². The Morgan fingerprint density at radius 3 is 2.22 bits per heavy atom. The van der Waals surface area contributed by atoms with Gasteiger partial charge in [-0.1, -0.05) is 76.2 Å². The van der Waals surface area contributed by atoms with Crippen LogP contribution in [0.3, 0.4) is 0 Å². The van der Waals surface area contributed by atoms with Gasteiger partial charge in [-0.3, -0.25) is 4.57 Å². The fraction of sp³-hybridized carbons (Fsp3) is 0.150. The molecule has 8 rings (SSSR count). The summed E-state index contributed by atoms with van der Waals surface area (Å²) in [6.45, 7) is 8.99. The van der Waals surface area contributed by atoms with Crippen molar-refractivity contribution in [3.63, 3.8) is 0 Å². The first-order valence-corrected chi connectivity index (χ1v) is 15.1. The van der Waals surface area contributed by atoms with Crippen LogP contribution in [0.15, 0.2) is 115 Å². The number of benzene rings is 5. The maximum Gasteiger partial charge on any atom is 3.00 e. The van der Waals surface area contributed by atoms with Crippen LogP contribution in [-0.4, -0.2) is 9.55 Å². The van der Waals surface area contributed by atoms with Crippen molar-refractivity contribution < 1.29 is 29.4 Å². The molecule has 0 bridgehead atoms. The summed E-state index contributed by atoms with van der Waals surface area (Å²) in [6, 6.07) is 43.9. The van der Waals surface area contributed by atoms with Gasteiger partial charge in [0.1, 0.15) is 11.3 Å². The van der Waals surface area contributed by atoms with Gasteiger partial charge in [-0.2, -0.15) is 0 Å². The first-order valence-electron chi connectivity index (χ1n) is 15.1. The molecule has 0 aliphatic carbocycles. The maximum absolute atomic E-state index is 6.35. The molecule has 5 heteroatoms. The summed E-state index contributed by atoms with van der Waals surface area (Å²) in [4.78, 5) is 4.22. The van der Waals surface area contributed by atoms with Crippen LogP contribution in [-0.2, 0) is 20.1 Å². The molecule has 0 saturated carbocycles. The third-order valence-corrected chi connectivity index (χ3v) is 8.02. The molecule has 0 fully saturated rings. The Morgan fingerprint density at radius 1 is 0.756 bits per heavy atom. The number of rotatable bonds is 4. The molecule has 5 aromatic carbocycles. The fourth-order valence-electron chi connectivity index (χ4n) is 5.59. The summed E-state index contributed by atoms with van der Waals surface area (Å²) in [7, 11) is 0. The summed E-state index contributed by atoms with van der Waals surface area (Å²) >= 11 is 0. The van der Waals surface area contributed by atoms with E-state index < -0.39 is 0 Å². The van der Waals surface area contributed by atoms with Crippen molar-refractivity contribution in [1.82, 2.24) is 9.55 Å². The molecule has 45 heavy (non-hydrogen) atoms. The summed E-state index contributed by atoms with van der Waals surface area (Å²) < 4.78 is 10.6. The molecule has 1 aliphatic heterocycles. The van der Waals surface area contributed by atoms with E-state index in [2.05, 4.69) is 109 Å². The van der Waals surface area contributed by atoms with Crippen LogP contribution in [0.5, 0.6) is 11.5 Å². The zero-order valence-electron chi connectivity index (χ0n) is 25.7. The fourth-order valence-corrected chi connectivity index (χ4v) is 5.59. The van der Waals surface area contributed by atoms with Crippen LogP contribution in [0.1, 0.15) is 50.7 Å². The number of hydrogen-bond donors (Lipinski definition) is 0. The van der Waals surface area contributed by atoms with Gasteiger partial charge in [0.05, 0.1) is 17.0 Å². The minimum absolute atomic E-state index is 0. The standard InChI is InChI=1S/C29H25N2O.C11H8N.Ir/c1-18(2)22-12-23(19(3)4)14-24(13-22)30-17-31-26-15-20-8-5-6-9-21(20)16-28(26)32-27-11-7-10-25(30)29(27)31;1-2-6-10(7-3-1)11-8-4-5-9-12-11;/h5-14,16,18-19H,1-4H3;1-6,8-9H;/q2*-1;+3. The number of imidazole rings is 1. The average molecular weight is 764 g/mol. The minimum atomic E-state index is 0. The zero-order chi connectivity index (χ0) is 30.2. The predicted octanol–water partition coefficient (Wildman–Crippen LogP) is 9.56. The summed E-state index contributed by atoms with van der Waals surface area (Å²) in [5.41, 5.74) is 8.82. The van der Waals surface area contributed by atoms with Gasteiger partial charge in [0.15, 0.2) is 0 Å². The monoisotopic (exact) mass is 764 g/mol. The van der Waals surface area contributed by atoms with Gasteiger partial charge in [0.25, 0.3) is 6.33 Å².